The van der Waals surface area contributed by atoms with Crippen molar-refractivity contribution in [2.75, 3.05) is 18.0 Å². The second-order valence-electron chi connectivity index (χ2n) is 6.82. The zero-order valence-electron chi connectivity index (χ0n) is 15.4. The van der Waals surface area contributed by atoms with E-state index in [0.29, 0.717) is 5.56 Å². The number of nitrogens with zero attached hydrogens (tertiary/aromatic N) is 3. The monoisotopic (exact) mass is 376 g/mol. The number of hydrogen-bond donors (Lipinski definition) is 1. The molecule has 2 aromatic carbocycles. The Morgan fingerprint density at radius 3 is 2.64 bits per heavy atom. The van der Waals surface area contributed by atoms with Crippen LogP contribution in [0.2, 0.25) is 0 Å². The number of halogens is 1. The third-order valence-electron chi connectivity index (χ3n) is 4.82. The van der Waals surface area contributed by atoms with Gasteiger partial charge in [-0.3, -0.25) is 9.78 Å². The van der Waals surface area contributed by atoms with Gasteiger partial charge in [-0.2, -0.15) is 0 Å². The minimum atomic E-state index is -0.314. The standard InChI is InChI=1S/C22H21FN4O/c23-19-8-3-5-16(13-19)15-26-22(28)18-7-4-6-17(14-18)20-21(25-10-9-24-20)27-11-1-2-12-27/h3-10,13-14H,1-2,11-12,15H2,(H,26,28). The van der Waals surface area contributed by atoms with Crippen LogP contribution in [-0.4, -0.2) is 29.0 Å². The Bertz CT molecular complexity index is 986. The maximum absolute atomic E-state index is 13.3. The molecule has 1 saturated heterocycles. The van der Waals surface area contributed by atoms with Gasteiger partial charge in [-0.05, 0) is 42.7 Å². The van der Waals surface area contributed by atoms with Crippen LogP contribution in [0, 0.1) is 5.82 Å². The highest BCUT2D eigenvalue weighted by Gasteiger charge is 2.19. The van der Waals surface area contributed by atoms with Gasteiger partial charge in [0.2, 0.25) is 0 Å². The number of anilines is 1. The van der Waals surface area contributed by atoms with Crippen LogP contribution in [0.25, 0.3) is 11.3 Å². The largest absolute Gasteiger partial charge is 0.355 e. The van der Waals surface area contributed by atoms with Gasteiger partial charge in [-0.25, -0.2) is 9.37 Å². The summed E-state index contributed by atoms with van der Waals surface area (Å²) in [5.41, 5.74) is 2.89. The molecule has 0 atom stereocenters. The highest BCUT2D eigenvalue weighted by molar-refractivity contribution is 5.95. The van der Waals surface area contributed by atoms with Crippen molar-refractivity contribution in [1.82, 2.24) is 15.3 Å². The van der Waals surface area contributed by atoms with E-state index >= 15 is 0 Å². The van der Waals surface area contributed by atoms with E-state index in [-0.39, 0.29) is 18.3 Å². The van der Waals surface area contributed by atoms with E-state index < -0.39 is 0 Å². The van der Waals surface area contributed by atoms with Gasteiger partial charge in [-0.15, -0.1) is 0 Å². The fourth-order valence-corrected chi connectivity index (χ4v) is 3.43. The zero-order valence-corrected chi connectivity index (χ0v) is 15.4. The summed E-state index contributed by atoms with van der Waals surface area (Å²) < 4.78 is 13.3. The second-order valence-corrected chi connectivity index (χ2v) is 6.82. The van der Waals surface area contributed by atoms with Gasteiger partial charge in [0.1, 0.15) is 11.5 Å². The predicted molar refractivity (Wildman–Crippen MR) is 106 cm³/mol. The first kappa shape index (κ1) is 18.1. The number of hydrogen-bond acceptors (Lipinski definition) is 4. The van der Waals surface area contributed by atoms with E-state index in [9.17, 15) is 9.18 Å². The third kappa shape index (κ3) is 4.01. The zero-order chi connectivity index (χ0) is 19.3. The molecule has 1 amide bonds. The van der Waals surface area contributed by atoms with Crippen molar-refractivity contribution in [2.45, 2.75) is 19.4 Å². The first-order valence-corrected chi connectivity index (χ1v) is 9.40. The highest BCUT2D eigenvalue weighted by Crippen LogP contribution is 2.29. The molecular formula is C22H21FN4O. The first-order valence-electron chi connectivity index (χ1n) is 9.40. The molecule has 3 aromatic rings. The summed E-state index contributed by atoms with van der Waals surface area (Å²) in [6.07, 6.45) is 5.68. The fourth-order valence-electron chi connectivity index (χ4n) is 3.43. The summed E-state index contributed by atoms with van der Waals surface area (Å²) in [5.74, 6) is 0.334. The smallest absolute Gasteiger partial charge is 0.251 e. The van der Waals surface area contributed by atoms with Crippen molar-refractivity contribution in [1.29, 1.82) is 0 Å². The molecule has 1 fully saturated rings. The van der Waals surface area contributed by atoms with Crippen LogP contribution in [0.1, 0.15) is 28.8 Å². The Labute approximate surface area is 163 Å². The molecule has 1 aromatic heterocycles. The maximum Gasteiger partial charge on any atom is 0.251 e. The number of benzene rings is 2. The maximum atomic E-state index is 13.3. The van der Waals surface area contributed by atoms with Crippen LogP contribution >= 0.6 is 0 Å². The van der Waals surface area contributed by atoms with Crippen LogP contribution in [0.4, 0.5) is 10.2 Å². The highest BCUT2D eigenvalue weighted by atomic mass is 19.1. The van der Waals surface area contributed by atoms with Gasteiger partial charge in [-0.1, -0.05) is 24.3 Å². The fraction of sp³-hybridized carbons (Fsp3) is 0.227. The van der Waals surface area contributed by atoms with Crippen molar-refractivity contribution in [3.63, 3.8) is 0 Å². The van der Waals surface area contributed by atoms with Gasteiger partial charge in [0.25, 0.3) is 5.91 Å². The SMILES string of the molecule is O=C(NCc1cccc(F)c1)c1cccc(-c2nccnc2N2CCCC2)c1. The van der Waals surface area contributed by atoms with Crippen LogP contribution in [-0.2, 0) is 6.54 Å². The van der Waals surface area contributed by atoms with E-state index in [4.69, 9.17) is 0 Å². The van der Waals surface area contributed by atoms with Crippen LogP contribution in [0.15, 0.2) is 60.9 Å². The Morgan fingerprint density at radius 1 is 1.04 bits per heavy atom. The first-order chi connectivity index (χ1) is 13.7. The normalized spacial score (nSPS) is 13.5. The lowest BCUT2D eigenvalue weighted by Crippen LogP contribution is -2.23. The Hall–Kier alpha value is -3.28. The molecule has 0 bridgehead atoms. The molecule has 0 radical (unpaired) electrons. The quantitative estimate of drug-likeness (QED) is 0.736. The average Bonchev–Trinajstić information content (AvgIpc) is 3.27. The molecule has 28 heavy (non-hydrogen) atoms. The van der Waals surface area contributed by atoms with Crippen LogP contribution < -0.4 is 10.2 Å². The average molecular weight is 376 g/mol. The van der Waals surface area contributed by atoms with Crippen molar-refractivity contribution < 1.29 is 9.18 Å². The van der Waals surface area contributed by atoms with Gasteiger partial charge < -0.3 is 10.2 Å². The molecule has 5 nitrogen and oxygen atoms in total. The third-order valence-corrected chi connectivity index (χ3v) is 4.82. The lowest BCUT2D eigenvalue weighted by atomic mass is 10.1. The molecule has 1 aliphatic rings. The predicted octanol–water partition coefficient (Wildman–Crippen LogP) is 3.81. The molecule has 0 spiro atoms. The Balaban J connectivity index is 1.54. The molecule has 0 aliphatic carbocycles. The molecule has 1 N–H and O–H groups in total. The van der Waals surface area contributed by atoms with E-state index in [1.807, 2.05) is 18.2 Å². The summed E-state index contributed by atoms with van der Waals surface area (Å²) in [6.45, 7) is 2.21. The minimum absolute atomic E-state index is 0.210. The van der Waals surface area contributed by atoms with E-state index in [0.717, 1.165) is 48.6 Å². The number of amides is 1. The van der Waals surface area contributed by atoms with Gasteiger partial charge in [0, 0.05) is 43.2 Å². The lowest BCUT2D eigenvalue weighted by Gasteiger charge is -2.19. The van der Waals surface area contributed by atoms with Crippen LogP contribution in [0.5, 0.6) is 0 Å². The molecular weight excluding hydrogens is 355 g/mol. The summed E-state index contributed by atoms with van der Waals surface area (Å²) >= 11 is 0. The number of carbonyl (C=O) groups excluding carboxylic acids is 1. The minimum Gasteiger partial charge on any atom is -0.355 e. The Morgan fingerprint density at radius 2 is 1.82 bits per heavy atom. The molecule has 142 valence electrons. The molecule has 0 unspecified atom stereocenters. The van der Waals surface area contributed by atoms with Crippen LogP contribution in [0.3, 0.4) is 0 Å². The summed E-state index contributed by atoms with van der Waals surface area (Å²) in [4.78, 5) is 23.9. The molecule has 1 aliphatic heterocycles. The lowest BCUT2D eigenvalue weighted by molar-refractivity contribution is 0.0951. The van der Waals surface area contributed by atoms with Crippen molar-refractivity contribution in [3.05, 3.63) is 77.9 Å². The van der Waals surface area contributed by atoms with Crippen molar-refractivity contribution in [3.8, 4) is 11.3 Å². The van der Waals surface area contributed by atoms with Gasteiger partial charge in [0.05, 0.1) is 0 Å². The number of carbonyl (C=O) groups is 1. The molecule has 4 rings (SSSR count). The van der Waals surface area contributed by atoms with E-state index in [1.54, 1.807) is 30.6 Å². The number of nitrogens with one attached hydrogen (secondary N) is 1. The summed E-state index contributed by atoms with van der Waals surface area (Å²) in [7, 11) is 0. The molecule has 6 heteroatoms. The van der Waals surface area contributed by atoms with Gasteiger partial charge in [0.15, 0.2) is 5.82 Å². The van der Waals surface area contributed by atoms with Gasteiger partial charge >= 0.3 is 0 Å². The molecule has 0 saturated carbocycles. The second kappa shape index (κ2) is 8.17. The number of rotatable bonds is 5. The van der Waals surface area contributed by atoms with E-state index in [2.05, 4.69) is 20.2 Å². The van der Waals surface area contributed by atoms with Crippen molar-refractivity contribution in [2.24, 2.45) is 0 Å². The van der Waals surface area contributed by atoms with E-state index in [1.165, 1.54) is 12.1 Å². The number of aromatic nitrogens is 2. The summed E-state index contributed by atoms with van der Waals surface area (Å²) in [5, 5.41) is 2.84. The Kier molecular flexibility index (Phi) is 5.28. The molecule has 2 heterocycles. The summed E-state index contributed by atoms with van der Waals surface area (Å²) in [6, 6.07) is 13.6. The van der Waals surface area contributed by atoms with Crippen molar-refractivity contribution >= 4 is 11.7 Å². The topological polar surface area (TPSA) is 58.1 Å².